The van der Waals surface area contributed by atoms with Crippen molar-refractivity contribution >= 4 is 0 Å². The average Bonchev–Trinajstić information content (AvgIpc) is 3.16. The van der Waals surface area contributed by atoms with Crippen molar-refractivity contribution in [3.05, 3.63) is 41.5 Å². The molecule has 6 heteroatoms. The number of nitrogens with zero attached hydrogens (tertiary/aromatic N) is 2. The van der Waals surface area contributed by atoms with Crippen LogP contribution in [0.25, 0.3) is 0 Å². The number of imidazole rings is 1. The summed E-state index contributed by atoms with van der Waals surface area (Å²) < 4.78 is 17.3. The highest BCUT2D eigenvalue weighted by Gasteiger charge is 2.41. The van der Waals surface area contributed by atoms with Gasteiger partial charge in [-0.15, -0.1) is 0 Å². The van der Waals surface area contributed by atoms with Gasteiger partial charge in [0.05, 0.1) is 33.0 Å². The zero-order valence-corrected chi connectivity index (χ0v) is 14.9. The van der Waals surface area contributed by atoms with E-state index in [2.05, 4.69) is 27.0 Å². The summed E-state index contributed by atoms with van der Waals surface area (Å²) in [6.07, 6.45) is 6.57. The summed E-state index contributed by atoms with van der Waals surface area (Å²) >= 11 is 0. The van der Waals surface area contributed by atoms with Crippen LogP contribution >= 0.6 is 0 Å². The molecular weight excluding hydrogens is 318 g/mol. The highest BCUT2D eigenvalue weighted by atomic mass is 16.5. The number of likely N-dealkylation sites (tertiary alicyclic amines) is 1. The molecule has 0 radical (unpaired) electrons. The number of rotatable bonds is 4. The molecular formula is C19H25N3O3. The van der Waals surface area contributed by atoms with Crippen molar-refractivity contribution in [2.45, 2.75) is 31.4 Å². The third kappa shape index (κ3) is 3.00. The van der Waals surface area contributed by atoms with Crippen LogP contribution in [-0.4, -0.2) is 48.8 Å². The van der Waals surface area contributed by atoms with Gasteiger partial charge in [-0.05, 0) is 42.5 Å². The van der Waals surface area contributed by atoms with E-state index in [0.29, 0.717) is 0 Å². The number of hydrogen-bond donors (Lipinski definition) is 1. The monoisotopic (exact) mass is 343 g/mol. The molecule has 1 aromatic carbocycles. The van der Waals surface area contributed by atoms with Gasteiger partial charge in [-0.1, -0.05) is 0 Å². The molecule has 0 unspecified atom stereocenters. The summed E-state index contributed by atoms with van der Waals surface area (Å²) in [4.78, 5) is 9.95. The fraction of sp³-hybridized carbons (Fsp3) is 0.526. The van der Waals surface area contributed by atoms with Crippen molar-refractivity contribution < 1.29 is 14.2 Å². The van der Waals surface area contributed by atoms with E-state index >= 15 is 0 Å². The van der Waals surface area contributed by atoms with Crippen molar-refractivity contribution in [1.29, 1.82) is 0 Å². The lowest BCUT2D eigenvalue weighted by Gasteiger charge is -2.45. The third-order valence-corrected chi connectivity index (χ3v) is 5.44. The number of H-pyrrole nitrogens is 1. The highest BCUT2D eigenvalue weighted by Crippen LogP contribution is 2.45. The van der Waals surface area contributed by atoms with Crippen LogP contribution in [0.3, 0.4) is 0 Å². The zero-order chi connectivity index (χ0) is 17.3. The summed E-state index contributed by atoms with van der Waals surface area (Å²) in [6.45, 7) is 3.62. The summed E-state index contributed by atoms with van der Waals surface area (Å²) in [6, 6.07) is 4.24. The number of fused-ring (bicyclic) bond motifs is 2. The van der Waals surface area contributed by atoms with Crippen LogP contribution in [0.2, 0.25) is 0 Å². The van der Waals surface area contributed by atoms with Gasteiger partial charge >= 0.3 is 0 Å². The van der Waals surface area contributed by atoms with E-state index in [9.17, 15) is 0 Å². The molecule has 0 atom stereocenters. The molecule has 1 spiro atoms. The van der Waals surface area contributed by atoms with E-state index in [1.807, 2.05) is 6.20 Å². The number of aromatic amines is 1. The SMILES string of the molecule is COc1cc2c(cc1OC)C1(CCN(Cc3ncc[nH]3)CC1)OCC2. The molecule has 0 aliphatic carbocycles. The zero-order valence-electron chi connectivity index (χ0n) is 14.9. The quantitative estimate of drug-likeness (QED) is 0.924. The van der Waals surface area contributed by atoms with E-state index in [1.54, 1.807) is 20.4 Å². The Morgan fingerprint density at radius 1 is 1.20 bits per heavy atom. The Morgan fingerprint density at radius 2 is 1.96 bits per heavy atom. The van der Waals surface area contributed by atoms with Crippen LogP contribution in [0.4, 0.5) is 0 Å². The van der Waals surface area contributed by atoms with E-state index in [0.717, 1.165) is 62.8 Å². The molecule has 0 amide bonds. The van der Waals surface area contributed by atoms with Gasteiger partial charge in [0.25, 0.3) is 0 Å². The summed E-state index contributed by atoms with van der Waals surface area (Å²) in [5.41, 5.74) is 2.39. The van der Waals surface area contributed by atoms with Crippen molar-refractivity contribution in [2.75, 3.05) is 33.9 Å². The maximum absolute atomic E-state index is 6.34. The van der Waals surface area contributed by atoms with Gasteiger partial charge in [-0.25, -0.2) is 4.98 Å². The number of benzene rings is 1. The molecule has 1 saturated heterocycles. The van der Waals surface area contributed by atoms with Crippen LogP contribution in [-0.2, 0) is 23.3 Å². The normalized spacial score (nSPS) is 19.6. The van der Waals surface area contributed by atoms with Crippen molar-refractivity contribution in [3.63, 3.8) is 0 Å². The van der Waals surface area contributed by atoms with E-state index in [-0.39, 0.29) is 5.60 Å². The molecule has 6 nitrogen and oxygen atoms in total. The van der Waals surface area contributed by atoms with E-state index < -0.39 is 0 Å². The lowest BCUT2D eigenvalue weighted by Crippen LogP contribution is -2.46. The first-order chi connectivity index (χ1) is 12.2. The summed E-state index contributed by atoms with van der Waals surface area (Å²) in [7, 11) is 3.37. The predicted molar refractivity (Wildman–Crippen MR) is 94.0 cm³/mol. The smallest absolute Gasteiger partial charge is 0.161 e. The van der Waals surface area contributed by atoms with Gasteiger partial charge in [-0.2, -0.15) is 0 Å². The first kappa shape index (κ1) is 16.4. The minimum Gasteiger partial charge on any atom is -0.493 e. The maximum atomic E-state index is 6.34. The third-order valence-electron chi connectivity index (χ3n) is 5.44. The predicted octanol–water partition coefficient (Wildman–Crippen LogP) is 2.49. The van der Waals surface area contributed by atoms with Gasteiger partial charge in [0.2, 0.25) is 0 Å². The summed E-state index contributed by atoms with van der Waals surface area (Å²) in [5, 5.41) is 0. The minimum atomic E-state index is -0.202. The second kappa shape index (κ2) is 6.69. The Hall–Kier alpha value is -2.05. The fourth-order valence-electron chi connectivity index (χ4n) is 4.07. The Labute approximate surface area is 148 Å². The number of piperidine rings is 1. The molecule has 2 aliphatic heterocycles. The average molecular weight is 343 g/mol. The number of nitrogens with one attached hydrogen (secondary N) is 1. The molecule has 2 aromatic rings. The largest absolute Gasteiger partial charge is 0.493 e. The second-order valence-electron chi connectivity index (χ2n) is 6.77. The van der Waals surface area contributed by atoms with Crippen LogP contribution in [0.5, 0.6) is 11.5 Å². The van der Waals surface area contributed by atoms with Crippen LogP contribution in [0.15, 0.2) is 24.5 Å². The molecule has 134 valence electrons. The number of hydrogen-bond acceptors (Lipinski definition) is 5. The van der Waals surface area contributed by atoms with Crippen molar-refractivity contribution in [2.24, 2.45) is 0 Å². The first-order valence-electron chi connectivity index (χ1n) is 8.84. The molecule has 0 bridgehead atoms. The Balaban J connectivity index is 1.56. The number of aromatic nitrogens is 2. The van der Waals surface area contributed by atoms with Crippen molar-refractivity contribution in [1.82, 2.24) is 14.9 Å². The molecule has 2 aliphatic rings. The topological polar surface area (TPSA) is 59.6 Å². The molecule has 1 N–H and O–H groups in total. The molecule has 1 fully saturated rings. The second-order valence-corrected chi connectivity index (χ2v) is 6.77. The van der Waals surface area contributed by atoms with Gasteiger partial charge in [-0.3, -0.25) is 4.90 Å². The van der Waals surface area contributed by atoms with Crippen molar-refractivity contribution in [3.8, 4) is 11.5 Å². The Kier molecular flexibility index (Phi) is 4.39. The molecule has 4 rings (SSSR count). The van der Waals surface area contributed by atoms with Crippen LogP contribution < -0.4 is 9.47 Å². The lowest BCUT2D eigenvalue weighted by atomic mass is 9.79. The standard InChI is InChI=1S/C19H25N3O3/c1-23-16-11-14-3-10-25-19(15(14)12-17(16)24-2)4-8-22(9-5-19)13-18-20-6-7-21-18/h6-7,11-12H,3-5,8-10,13H2,1-2H3,(H,20,21). The van der Waals surface area contributed by atoms with Crippen LogP contribution in [0.1, 0.15) is 29.8 Å². The summed E-state index contributed by atoms with van der Waals surface area (Å²) in [5.74, 6) is 2.60. The maximum Gasteiger partial charge on any atom is 0.161 e. The van der Waals surface area contributed by atoms with Gasteiger partial charge in [0.15, 0.2) is 11.5 Å². The number of methoxy groups -OCH3 is 2. The molecule has 0 saturated carbocycles. The molecule has 3 heterocycles. The molecule has 1 aromatic heterocycles. The molecule has 25 heavy (non-hydrogen) atoms. The van der Waals surface area contributed by atoms with Gasteiger partial charge in [0.1, 0.15) is 5.82 Å². The number of ether oxygens (including phenoxy) is 3. The van der Waals surface area contributed by atoms with E-state index in [4.69, 9.17) is 14.2 Å². The van der Waals surface area contributed by atoms with E-state index in [1.165, 1.54) is 11.1 Å². The lowest BCUT2D eigenvalue weighted by molar-refractivity contribution is -0.0992. The fourth-order valence-corrected chi connectivity index (χ4v) is 4.07. The Bertz CT molecular complexity index is 722. The van der Waals surface area contributed by atoms with Gasteiger partial charge in [0, 0.05) is 25.5 Å². The van der Waals surface area contributed by atoms with Gasteiger partial charge < -0.3 is 19.2 Å². The Morgan fingerprint density at radius 3 is 2.64 bits per heavy atom. The van der Waals surface area contributed by atoms with Crippen LogP contribution in [0, 0.1) is 0 Å². The minimum absolute atomic E-state index is 0.202. The highest BCUT2D eigenvalue weighted by molar-refractivity contribution is 5.50. The first-order valence-corrected chi connectivity index (χ1v) is 8.84.